The number of ketones is 1. The molecule has 4 rings (SSSR count). The molecule has 2 saturated carbocycles. The van der Waals surface area contributed by atoms with Crippen LogP contribution in [0.1, 0.15) is 143 Å². The first-order chi connectivity index (χ1) is 23.6. The van der Waals surface area contributed by atoms with Gasteiger partial charge in [0.05, 0.1) is 17.8 Å². The van der Waals surface area contributed by atoms with Gasteiger partial charge < -0.3 is 35.4 Å². The van der Waals surface area contributed by atoms with Crippen LogP contribution in [0, 0.1) is 29.1 Å². The Kier molecular flexibility index (Phi) is 13.2. The van der Waals surface area contributed by atoms with E-state index in [1.165, 1.54) is 0 Å². The lowest BCUT2D eigenvalue weighted by Crippen LogP contribution is -2.70. The van der Waals surface area contributed by atoms with Crippen LogP contribution >= 0.6 is 0 Å². The SMILES string of the molecule is CC1=C[C@H]2[C@]3(O)[C@@H](C=C(CO)C[C@@]2(O)C1=O)[C@@H]1C(C)(C)[C@]1(OCCCCCCCCCC(=O)O)[C@@](O)(CCCCCCCCCC(=O)O)[C@H]3C. The van der Waals surface area contributed by atoms with Gasteiger partial charge in [0.1, 0.15) is 11.2 Å². The van der Waals surface area contributed by atoms with E-state index in [0.717, 1.165) is 70.6 Å². The predicted octanol–water partition coefficient (Wildman–Crippen LogP) is 6.13. The van der Waals surface area contributed by atoms with Gasteiger partial charge in [0.2, 0.25) is 0 Å². The van der Waals surface area contributed by atoms with Crippen LogP contribution in [-0.2, 0) is 19.1 Å². The van der Waals surface area contributed by atoms with Gasteiger partial charge in [0.15, 0.2) is 5.78 Å². The third-order valence-corrected chi connectivity index (χ3v) is 13.1. The van der Waals surface area contributed by atoms with Gasteiger partial charge in [-0.2, -0.15) is 0 Å². The minimum atomic E-state index is -1.91. The Balaban J connectivity index is 1.54. The maximum atomic E-state index is 13.5. The highest BCUT2D eigenvalue weighted by Crippen LogP contribution is 2.80. The lowest BCUT2D eigenvalue weighted by atomic mass is 9.54. The van der Waals surface area contributed by atoms with Crippen LogP contribution in [0.15, 0.2) is 23.3 Å². The van der Waals surface area contributed by atoms with E-state index < -0.39 is 63.3 Å². The normalized spacial score (nSPS) is 35.4. The number of carboxylic acid groups (broad SMARTS) is 2. The first-order valence-electron chi connectivity index (χ1n) is 19.3. The average molecular weight is 705 g/mol. The standard InChI is InChI=1S/C40H64O10/c1-27-23-31-37(47,35(27)46)25-29(26-41)24-30-34-36(3,4)40(34,50-22-18-14-10-6-8-12-16-20-33(44)45)38(48,28(2)39(30,31)49)21-17-13-9-5-7-11-15-19-32(42)43/h23-24,28,30-31,34,41,47-49H,5-22,25-26H2,1-4H3,(H,42,43)(H,44,45)/t28-,30+,31-,34-,37+,38-,39-,40+/m1/s1. The fraction of sp³-hybridized carbons (Fsp3) is 0.825. The molecule has 0 bridgehead atoms. The Hall–Kier alpha value is -2.11. The molecule has 0 amide bonds. The molecule has 4 aliphatic carbocycles. The molecule has 0 aliphatic heterocycles. The average Bonchev–Trinajstić information content (AvgIpc) is 3.51. The number of carboxylic acids is 2. The predicted molar refractivity (Wildman–Crippen MR) is 189 cm³/mol. The van der Waals surface area contributed by atoms with Crippen LogP contribution in [0.5, 0.6) is 0 Å². The maximum Gasteiger partial charge on any atom is 0.303 e. The summed E-state index contributed by atoms with van der Waals surface area (Å²) in [6.07, 6.45) is 16.6. The largest absolute Gasteiger partial charge is 0.481 e. The number of carbonyl (C=O) groups excluding carboxylic acids is 1. The van der Waals surface area contributed by atoms with Gasteiger partial charge in [-0.1, -0.05) is 104 Å². The monoisotopic (exact) mass is 704 g/mol. The van der Waals surface area contributed by atoms with Crippen molar-refractivity contribution in [2.45, 2.75) is 166 Å². The Morgan fingerprint density at radius 1 is 0.800 bits per heavy atom. The second kappa shape index (κ2) is 16.3. The molecule has 10 nitrogen and oxygen atoms in total. The zero-order valence-corrected chi connectivity index (χ0v) is 30.9. The summed E-state index contributed by atoms with van der Waals surface area (Å²) < 4.78 is 6.93. The van der Waals surface area contributed by atoms with Gasteiger partial charge in [-0.05, 0) is 43.8 Å². The Bertz CT molecular complexity index is 1290. The van der Waals surface area contributed by atoms with E-state index in [1.807, 2.05) is 13.0 Å². The highest BCUT2D eigenvalue weighted by molar-refractivity contribution is 6.04. The van der Waals surface area contributed by atoms with E-state index in [-0.39, 0.29) is 31.8 Å². The summed E-state index contributed by atoms with van der Waals surface area (Å²) in [6.45, 7) is 7.76. The number of ether oxygens (including phenoxy) is 1. The minimum absolute atomic E-state index is 0.0748. The molecule has 0 radical (unpaired) electrons. The van der Waals surface area contributed by atoms with Gasteiger partial charge in [-0.25, -0.2) is 0 Å². The van der Waals surface area contributed by atoms with E-state index in [1.54, 1.807) is 13.0 Å². The second-order valence-corrected chi connectivity index (χ2v) is 16.6. The van der Waals surface area contributed by atoms with Crippen molar-refractivity contribution in [3.8, 4) is 0 Å². The van der Waals surface area contributed by atoms with Crippen LogP contribution in [0.3, 0.4) is 0 Å². The molecule has 284 valence electrons. The Morgan fingerprint density at radius 2 is 1.30 bits per heavy atom. The van der Waals surface area contributed by atoms with Crippen molar-refractivity contribution in [2.24, 2.45) is 29.1 Å². The summed E-state index contributed by atoms with van der Waals surface area (Å²) in [4.78, 5) is 35.0. The molecule has 0 spiro atoms. The maximum absolute atomic E-state index is 13.5. The van der Waals surface area contributed by atoms with Gasteiger partial charge in [-0.3, -0.25) is 14.4 Å². The fourth-order valence-corrected chi connectivity index (χ4v) is 10.5. The lowest BCUT2D eigenvalue weighted by Gasteiger charge is -2.58. The van der Waals surface area contributed by atoms with Crippen molar-refractivity contribution in [2.75, 3.05) is 13.2 Å². The molecule has 4 aliphatic rings. The molecule has 6 N–H and O–H groups in total. The number of carbonyl (C=O) groups is 3. The number of unbranched alkanes of at least 4 members (excludes halogenated alkanes) is 12. The van der Waals surface area contributed by atoms with E-state index in [9.17, 15) is 34.8 Å². The van der Waals surface area contributed by atoms with Crippen molar-refractivity contribution >= 4 is 17.7 Å². The summed E-state index contributed by atoms with van der Waals surface area (Å²) in [5.74, 6) is -4.59. The number of hydrogen-bond donors (Lipinski definition) is 6. The van der Waals surface area contributed by atoms with E-state index in [2.05, 4.69) is 13.8 Å². The number of aliphatic carboxylic acids is 2. The highest BCUT2D eigenvalue weighted by Gasteiger charge is 2.89. The van der Waals surface area contributed by atoms with Crippen molar-refractivity contribution < 1.29 is 49.8 Å². The fourth-order valence-electron chi connectivity index (χ4n) is 10.5. The quantitative estimate of drug-likeness (QED) is 0.0567. The zero-order valence-electron chi connectivity index (χ0n) is 30.9. The van der Waals surface area contributed by atoms with Crippen LogP contribution < -0.4 is 0 Å². The molecular formula is C40H64O10. The summed E-state index contributed by atoms with van der Waals surface area (Å²) >= 11 is 0. The van der Waals surface area contributed by atoms with E-state index in [4.69, 9.17) is 14.9 Å². The van der Waals surface area contributed by atoms with Gasteiger partial charge in [-0.15, -0.1) is 0 Å². The molecule has 0 aromatic heterocycles. The number of fused-ring (bicyclic) bond motifs is 5. The smallest absolute Gasteiger partial charge is 0.303 e. The van der Waals surface area contributed by atoms with Crippen LogP contribution in [0.25, 0.3) is 0 Å². The summed E-state index contributed by atoms with van der Waals surface area (Å²) in [6, 6.07) is 0. The third kappa shape index (κ3) is 7.39. The van der Waals surface area contributed by atoms with Crippen LogP contribution in [0.2, 0.25) is 0 Å². The van der Waals surface area contributed by atoms with Crippen molar-refractivity contribution in [3.63, 3.8) is 0 Å². The van der Waals surface area contributed by atoms with Crippen LogP contribution in [0.4, 0.5) is 0 Å². The first-order valence-corrected chi connectivity index (χ1v) is 19.3. The van der Waals surface area contributed by atoms with Gasteiger partial charge in [0, 0.05) is 55.0 Å². The molecule has 10 heteroatoms. The van der Waals surface area contributed by atoms with E-state index in [0.29, 0.717) is 43.4 Å². The third-order valence-electron chi connectivity index (χ3n) is 13.1. The highest BCUT2D eigenvalue weighted by atomic mass is 16.5. The zero-order chi connectivity index (χ0) is 37.0. The molecule has 0 heterocycles. The number of hydrogen-bond acceptors (Lipinski definition) is 8. The van der Waals surface area contributed by atoms with Gasteiger partial charge in [0.25, 0.3) is 0 Å². The summed E-state index contributed by atoms with van der Waals surface area (Å²) in [7, 11) is 0. The number of aliphatic hydroxyl groups excluding tert-OH is 1. The van der Waals surface area contributed by atoms with Crippen molar-refractivity contribution in [1.29, 1.82) is 0 Å². The van der Waals surface area contributed by atoms with Crippen LogP contribution in [-0.4, -0.2) is 84.0 Å². The topological polar surface area (TPSA) is 182 Å². The Morgan fingerprint density at radius 3 is 1.82 bits per heavy atom. The molecule has 2 fully saturated rings. The summed E-state index contributed by atoms with van der Waals surface area (Å²) in [5, 5.41) is 66.3. The Labute approximate surface area is 298 Å². The molecular weight excluding hydrogens is 640 g/mol. The first kappa shape index (κ1) is 40.7. The number of Topliss-reactive ketones (excluding diaryl/α,β-unsaturated/α-hetero) is 1. The summed E-state index contributed by atoms with van der Waals surface area (Å²) in [5.41, 5.74) is -5.70. The molecule has 0 aromatic carbocycles. The van der Waals surface area contributed by atoms with Crippen molar-refractivity contribution in [1.82, 2.24) is 0 Å². The molecule has 0 saturated heterocycles. The van der Waals surface area contributed by atoms with Crippen molar-refractivity contribution in [3.05, 3.63) is 23.3 Å². The van der Waals surface area contributed by atoms with Gasteiger partial charge >= 0.3 is 11.9 Å². The second-order valence-electron chi connectivity index (χ2n) is 16.6. The molecule has 50 heavy (non-hydrogen) atoms. The molecule has 0 aromatic rings. The number of aliphatic hydroxyl groups is 4. The minimum Gasteiger partial charge on any atom is -0.481 e. The molecule has 8 atom stereocenters. The van der Waals surface area contributed by atoms with E-state index >= 15 is 0 Å². The lowest BCUT2D eigenvalue weighted by molar-refractivity contribution is -0.266. The number of rotatable bonds is 22. The molecule has 0 unspecified atom stereocenters.